The van der Waals surface area contributed by atoms with E-state index in [1.165, 1.54) is 11.5 Å². The van der Waals surface area contributed by atoms with Gasteiger partial charge < -0.3 is 20.5 Å². The summed E-state index contributed by atoms with van der Waals surface area (Å²) in [6, 6.07) is 9.62. The van der Waals surface area contributed by atoms with Crippen LogP contribution in [0.15, 0.2) is 49.1 Å². The fraction of sp³-hybridized carbons (Fsp3) is 0.190. The van der Waals surface area contributed by atoms with E-state index in [4.69, 9.17) is 9.90 Å². The first-order chi connectivity index (χ1) is 15.0. The van der Waals surface area contributed by atoms with Crippen LogP contribution in [0.3, 0.4) is 0 Å². The SMILES string of the molecule is CNc1cc[n+](CC(=O)Nc2ccc3c(c2)ncn3-c2c(C)nsc2C)cc1.O=C[O-]. The number of fused-ring (bicyclic) bond motifs is 1. The molecule has 0 atom stereocenters. The van der Waals surface area contributed by atoms with Gasteiger partial charge >= 0.3 is 0 Å². The molecule has 0 aliphatic rings. The molecule has 4 aromatic rings. The van der Waals surface area contributed by atoms with Crippen LogP contribution in [0.25, 0.3) is 16.7 Å². The molecule has 4 rings (SSSR count). The number of rotatable bonds is 5. The molecule has 31 heavy (non-hydrogen) atoms. The maximum atomic E-state index is 12.4. The minimum absolute atomic E-state index is 0.0882. The van der Waals surface area contributed by atoms with Gasteiger partial charge in [-0.1, -0.05) is 0 Å². The van der Waals surface area contributed by atoms with Crippen LogP contribution in [0.5, 0.6) is 0 Å². The molecule has 0 saturated heterocycles. The molecule has 1 aromatic carbocycles. The summed E-state index contributed by atoms with van der Waals surface area (Å²) in [5.41, 5.74) is 5.61. The van der Waals surface area contributed by atoms with Gasteiger partial charge in [0.1, 0.15) is 6.33 Å². The number of aromatic nitrogens is 4. The van der Waals surface area contributed by atoms with Crippen LogP contribution in [0.1, 0.15) is 10.6 Å². The molecule has 0 fully saturated rings. The monoisotopic (exact) mass is 438 g/mol. The maximum Gasteiger partial charge on any atom is 0.290 e. The van der Waals surface area contributed by atoms with E-state index in [2.05, 4.69) is 26.9 Å². The number of hydrogen-bond acceptors (Lipinski definition) is 7. The van der Waals surface area contributed by atoms with Gasteiger partial charge in [-0.05, 0) is 43.6 Å². The Morgan fingerprint density at radius 1 is 1.23 bits per heavy atom. The summed E-state index contributed by atoms with van der Waals surface area (Å²) in [6.45, 7) is 3.80. The number of benzene rings is 1. The predicted molar refractivity (Wildman–Crippen MR) is 117 cm³/mol. The number of nitrogens with one attached hydrogen (secondary N) is 2. The smallest absolute Gasteiger partial charge is 0.290 e. The van der Waals surface area contributed by atoms with Gasteiger partial charge in [0.05, 0.1) is 22.4 Å². The van der Waals surface area contributed by atoms with Crippen LogP contribution >= 0.6 is 11.5 Å². The van der Waals surface area contributed by atoms with Gasteiger partial charge in [0.2, 0.25) is 6.54 Å². The second kappa shape index (κ2) is 9.81. The summed E-state index contributed by atoms with van der Waals surface area (Å²) >= 11 is 1.49. The Labute approximate surface area is 183 Å². The maximum absolute atomic E-state index is 12.4. The molecule has 160 valence electrons. The molecule has 0 saturated carbocycles. The van der Waals surface area contributed by atoms with Crippen LogP contribution in [-0.2, 0) is 16.1 Å². The van der Waals surface area contributed by atoms with Gasteiger partial charge in [0.25, 0.3) is 5.91 Å². The molecule has 10 heteroatoms. The Bertz CT molecular complexity index is 1180. The number of anilines is 2. The van der Waals surface area contributed by atoms with Gasteiger partial charge in [-0.25, -0.2) is 4.98 Å². The normalized spacial score (nSPS) is 10.3. The van der Waals surface area contributed by atoms with Crippen molar-refractivity contribution >= 4 is 46.3 Å². The number of imidazole rings is 1. The minimum Gasteiger partial charge on any atom is -0.554 e. The molecule has 0 aliphatic carbocycles. The summed E-state index contributed by atoms with van der Waals surface area (Å²) in [4.78, 5) is 26.3. The zero-order valence-corrected chi connectivity index (χ0v) is 18.1. The van der Waals surface area contributed by atoms with Gasteiger partial charge in [-0.3, -0.25) is 9.36 Å². The van der Waals surface area contributed by atoms with Crippen molar-refractivity contribution in [2.75, 3.05) is 17.7 Å². The highest BCUT2D eigenvalue weighted by molar-refractivity contribution is 7.06. The zero-order chi connectivity index (χ0) is 22.4. The van der Waals surface area contributed by atoms with E-state index in [9.17, 15) is 4.79 Å². The third kappa shape index (κ3) is 5.04. The number of aryl methyl sites for hydroxylation is 2. The number of pyridine rings is 1. The summed E-state index contributed by atoms with van der Waals surface area (Å²) in [5.74, 6) is -0.0882. The quantitative estimate of drug-likeness (QED) is 0.360. The van der Waals surface area contributed by atoms with E-state index in [-0.39, 0.29) is 12.5 Å². The first-order valence-corrected chi connectivity index (χ1v) is 10.2. The third-order valence-corrected chi connectivity index (χ3v) is 5.41. The summed E-state index contributed by atoms with van der Waals surface area (Å²) < 4.78 is 8.30. The Balaban J connectivity index is 0.000000858. The van der Waals surface area contributed by atoms with Crippen molar-refractivity contribution in [2.24, 2.45) is 0 Å². The highest BCUT2D eigenvalue weighted by atomic mass is 32.1. The lowest BCUT2D eigenvalue weighted by Crippen LogP contribution is -2.39. The average molecular weight is 439 g/mol. The topological polar surface area (TPSA) is 116 Å². The second-order valence-corrected chi connectivity index (χ2v) is 7.62. The molecule has 0 aliphatic heterocycles. The zero-order valence-electron chi connectivity index (χ0n) is 17.3. The average Bonchev–Trinajstić information content (AvgIpc) is 3.31. The Hall–Kier alpha value is -3.79. The van der Waals surface area contributed by atoms with E-state index in [1.54, 1.807) is 6.33 Å². The Kier molecular flexibility index (Phi) is 6.93. The van der Waals surface area contributed by atoms with E-state index in [0.29, 0.717) is 0 Å². The van der Waals surface area contributed by atoms with Gasteiger partial charge in [0, 0.05) is 41.9 Å². The number of carboxylic acid groups (broad SMARTS) is 1. The van der Waals surface area contributed by atoms with Crippen LogP contribution in [0.2, 0.25) is 0 Å². The van der Waals surface area contributed by atoms with Crippen LogP contribution in [0.4, 0.5) is 11.4 Å². The lowest BCUT2D eigenvalue weighted by Gasteiger charge is -2.06. The summed E-state index contributed by atoms with van der Waals surface area (Å²) in [5, 5.41) is 14.3. The number of carbonyl (C=O) groups is 2. The fourth-order valence-corrected chi connectivity index (χ4v) is 3.88. The van der Waals surface area contributed by atoms with Crippen molar-refractivity contribution in [3.63, 3.8) is 0 Å². The Morgan fingerprint density at radius 3 is 2.55 bits per heavy atom. The number of hydrogen-bond donors (Lipinski definition) is 2. The lowest BCUT2D eigenvalue weighted by atomic mass is 10.2. The molecular weight excluding hydrogens is 416 g/mol. The van der Waals surface area contributed by atoms with Crippen molar-refractivity contribution in [2.45, 2.75) is 20.4 Å². The molecule has 0 spiro atoms. The van der Waals surface area contributed by atoms with Crippen molar-refractivity contribution in [1.82, 2.24) is 13.9 Å². The molecule has 3 heterocycles. The van der Waals surface area contributed by atoms with Crippen molar-refractivity contribution in [1.29, 1.82) is 0 Å². The Morgan fingerprint density at radius 2 is 1.94 bits per heavy atom. The van der Waals surface area contributed by atoms with Crippen LogP contribution in [0, 0.1) is 13.8 Å². The number of nitrogens with zero attached hydrogens (tertiary/aromatic N) is 4. The molecule has 1 amide bonds. The third-order valence-electron chi connectivity index (χ3n) is 4.57. The molecule has 0 unspecified atom stereocenters. The number of carbonyl (C=O) groups excluding carboxylic acids is 2. The van der Waals surface area contributed by atoms with Gasteiger partial charge in [-0.2, -0.15) is 8.94 Å². The molecule has 9 nitrogen and oxygen atoms in total. The molecule has 2 N–H and O–H groups in total. The van der Waals surface area contributed by atoms with E-state index in [0.717, 1.165) is 38.7 Å². The molecular formula is C21H22N6O3S. The van der Waals surface area contributed by atoms with Crippen molar-refractivity contribution < 1.29 is 19.3 Å². The molecule has 0 bridgehead atoms. The molecule has 3 aromatic heterocycles. The van der Waals surface area contributed by atoms with Gasteiger partial charge in [0.15, 0.2) is 12.4 Å². The highest BCUT2D eigenvalue weighted by Gasteiger charge is 2.14. The summed E-state index contributed by atoms with van der Waals surface area (Å²) in [6.07, 6.45) is 5.55. The largest absolute Gasteiger partial charge is 0.554 e. The second-order valence-electron chi connectivity index (χ2n) is 6.64. The minimum atomic E-state index is -0.500. The van der Waals surface area contributed by atoms with Crippen molar-refractivity contribution in [3.05, 3.63) is 59.6 Å². The lowest BCUT2D eigenvalue weighted by molar-refractivity contribution is -0.684. The van der Waals surface area contributed by atoms with Crippen LogP contribution < -0.4 is 20.3 Å². The first kappa shape index (κ1) is 21.9. The molecule has 0 radical (unpaired) electrons. The summed E-state index contributed by atoms with van der Waals surface area (Å²) in [7, 11) is 1.86. The fourth-order valence-electron chi connectivity index (χ4n) is 3.19. The van der Waals surface area contributed by atoms with Crippen molar-refractivity contribution in [3.8, 4) is 5.69 Å². The first-order valence-electron chi connectivity index (χ1n) is 9.39. The highest BCUT2D eigenvalue weighted by Crippen LogP contribution is 2.27. The van der Waals surface area contributed by atoms with Gasteiger partial charge in [-0.15, -0.1) is 0 Å². The standard InChI is InChI=1S/C20H20N6OS.CH2O2/c1-13-20(14(2)28-24-13)26-12-22-17-10-16(4-5-18(17)26)23-19(27)11-25-8-6-15(21-3)7-9-25;2-1-3/h4-10,12H,11H2,1-3H3,(H,23,27);1H,(H,2,3). The number of amides is 1. The van der Waals surface area contributed by atoms with E-state index >= 15 is 0 Å². The van der Waals surface area contributed by atoms with E-state index < -0.39 is 6.47 Å². The van der Waals surface area contributed by atoms with Crippen LogP contribution in [-0.4, -0.2) is 33.4 Å². The predicted octanol–water partition coefficient (Wildman–Crippen LogP) is 1.43. The van der Waals surface area contributed by atoms with E-state index in [1.807, 2.05) is 65.8 Å².